The summed E-state index contributed by atoms with van der Waals surface area (Å²) in [7, 11) is 0. The maximum absolute atomic E-state index is 13.3. The molecule has 0 aliphatic heterocycles. The van der Waals surface area contributed by atoms with Gasteiger partial charge in [-0.1, -0.05) is 29.8 Å². The molecule has 0 heterocycles. The molecule has 2 rings (SSSR count). The lowest BCUT2D eigenvalue weighted by Crippen LogP contribution is -1.96. The van der Waals surface area contributed by atoms with Crippen LogP contribution in [0.3, 0.4) is 0 Å². The first-order chi connectivity index (χ1) is 8.67. The third-order valence-electron chi connectivity index (χ3n) is 2.61. The van der Waals surface area contributed by atoms with Gasteiger partial charge in [0, 0.05) is 11.9 Å². The molecule has 0 spiro atoms. The number of ether oxygens (including phenoxy) is 1. The van der Waals surface area contributed by atoms with E-state index in [2.05, 4.69) is 0 Å². The molecule has 2 aromatic carbocycles. The van der Waals surface area contributed by atoms with Gasteiger partial charge >= 0.3 is 0 Å². The lowest BCUT2D eigenvalue weighted by Gasteiger charge is -2.08. The standard InChI is InChI=1S/C15H14ClFO/c1-11-2-4-12(5-3-11)10-18-15-7-13(9-16)6-14(17)8-15/h2-8H,9-10H2,1H3. The van der Waals surface area contributed by atoms with Crippen LogP contribution < -0.4 is 4.74 Å². The van der Waals surface area contributed by atoms with E-state index in [1.54, 1.807) is 6.07 Å². The Morgan fingerprint density at radius 3 is 2.44 bits per heavy atom. The van der Waals surface area contributed by atoms with Crippen molar-refractivity contribution in [1.29, 1.82) is 0 Å². The summed E-state index contributed by atoms with van der Waals surface area (Å²) in [5.41, 5.74) is 2.97. The SMILES string of the molecule is Cc1ccc(COc2cc(F)cc(CCl)c2)cc1. The van der Waals surface area contributed by atoms with Crippen LogP contribution in [0.4, 0.5) is 4.39 Å². The fourth-order valence-electron chi connectivity index (χ4n) is 1.63. The quantitative estimate of drug-likeness (QED) is 0.741. The Kier molecular flexibility index (Phi) is 4.21. The smallest absolute Gasteiger partial charge is 0.127 e. The summed E-state index contributed by atoms with van der Waals surface area (Å²) in [4.78, 5) is 0. The van der Waals surface area contributed by atoms with Gasteiger partial charge in [0.2, 0.25) is 0 Å². The van der Waals surface area contributed by atoms with Crippen molar-refractivity contribution in [1.82, 2.24) is 0 Å². The van der Waals surface area contributed by atoms with Crippen LogP contribution in [0.2, 0.25) is 0 Å². The van der Waals surface area contributed by atoms with Crippen LogP contribution in [0.1, 0.15) is 16.7 Å². The Bertz CT molecular complexity index is 523. The number of rotatable bonds is 4. The van der Waals surface area contributed by atoms with E-state index in [1.807, 2.05) is 31.2 Å². The van der Waals surface area contributed by atoms with E-state index < -0.39 is 0 Å². The van der Waals surface area contributed by atoms with Crippen molar-refractivity contribution < 1.29 is 9.13 Å². The largest absolute Gasteiger partial charge is 0.489 e. The average Bonchev–Trinajstić information content (AvgIpc) is 2.37. The van der Waals surface area contributed by atoms with Gasteiger partial charge in [-0.3, -0.25) is 0 Å². The highest BCUT2D eigenvalue weighted by atomic mass is 35.5. The number of hydrogen-bond donors (Lipinski definition) is 0. The maximum atomic E-state index is 13.3. The minimum absolute atomic E-state index is 0.276. The normalized spacial score (nSPS) is 10.4. The minimum Gasteiger partial charge on any atom is -0.489 e. The van der Waals surface area contributed by atoms with Gasteiger partial charge in [-0.05, 0) is 30.2 Å². The molecular weight excluding hydrogens is 251 g/mol. The molecular formula is C15H14ClFO. The minimum atomic E-state index is -0.327. The van der Waals surface area contributed by atoms with Crippen LogP contribution >= 0.6 is 11.6 Å². The van der Waals surface area contributed by atoms with Gasteiger partial charge in [0.1, 0.15) is 18.2 Å². The van der Waals surface area contributed by atoms with Gasteiger partial charge in [-0.25, -0.2) is 4.39 Å². The van der Waals surface area contributed by atoms with E-state index in [9.17, 15) is 4.39 Å². The molecule has 0 atom stereocenters. The highest BCUT2D eigenvalue weighted by molar-refractivity contribution is 6.17. The molecule has 0 bridgehead atoms. The zero-order valence-electron chi connectivity index (χ0n) is 10.1. The summed E-state index contributed by atoms with van der Waals surface area (Å²) in [6.45, 7) is 2.45. The fraction of sp³-hybridized carbons (Fsp3) is 0.200. The van der Waals surface area contributed by atoms with Crippen molar-refractivity contribution in [3.63, 3.8) is 0 Å². The summed E-state index contributed by atoms with van der Waals surface area (Å²) in [6.07, 6.45) is 0. The van der Waals surface area contributed by atoms with E-state index >= 15 is 0 Å². The third kappa shape index (κ3) is 3.47. The first kappa shape index (κ1) is 12.9. The van der Waals surface area contributed by atoms with Crippen molar-refractivity contribution in [2.45, 2.75) is 19.4 Å². The molecule has 94 valence electrons. The van der Waals surface area contributed by atoms with Gasteiger partial charge in [0.05, 0.1) is 0 Å². The Morgan fingerprint density at radius 1 is 1.06 bits per heavy atom. The average molecular weight is 265 g/mol. The molecule has 0 amide bonds. The molecule has 0 radical (unpaired) electrons. The second kappa shape index (κ2) is 5.87. The first-order valence-corrected chi connectivity index (χ1v) is 6.24. The monoisotopic (exact) mass is 264 g/mol. The van der Waals surface area contributed by atoms with Crippen LogP contribution in [0, 0.1) is 12.7 Å². The van der Waals surface area contributed by atoms with E-state index in [0.29, 0.717) is 12.4 Å². The second-order valence-electron chi connectivity index (χ2n) is 4.20. The summed E-state index contributed by atoms with van der Waals surface area (Å²) >= 11 is 5.68. The van der Waals surface area contributed by atoms with E-state index in [1.165, 1.54) is 17.7 Å². The number of benzene rings is 2. The van der Waals surface area contributed by atoms with Gasteiger partial charge in [-0.15, -0.1) is 11.6 Å². The number of hydrogen-bond acceptors (Lipinski definition) is 1. The highest BCUT2D eigenvalue weighted by Gasteiger charge is 2.02. The molecule has 0 saturated carbocycles. The molecule has 0 saturated heterocycles. The second-order valence-corrected chi connectivity index (χ2v) is 4.47. The summed E-state index contributed by atoms with van der Waals surface area (Å²) in [6, 6.07) is 12.6. The summed E-state index contributed by atoms with van der Waals surface area (Å²) in [5.74, 6) is 0.455. The number of halogens is 2. The predicted octanol–water partition coefficient (Wildman–Crippen LogP) is 4.45. The maximum Gasteiger partial charge on any atom is 0.127 e. The van der Waals surface area contributed by atoms with Crippen molar-refractivity contribution in [3.05, 3.63) is 65.0 Å². The molecule has 0 aliphatic carbocycles. The molecule has 0 N–H and O–H groups in total. The molecule has 0 fully saturated rings. The van der Waals surface area contributed by atoms with Gasteiger partial charge in [0.25, 0.3) is 0 Å². The third-order valence-corrected chi connectivity index (χ3v) is 2.92. The number of alkyl halides is 1. The van der Waals surface area contributed by atoms with E-state index in [-0.39, 0.29) is 11.7 Å². The van der Waals surface area contributed by atoms with Crippen LogP contribution in [0.15, 0.2) is 42.5 Å². The molecule has 2 aromatic rings. The summed E-state index contributed by atoms with van der Waals surface area (Å²) < 4.78 is 18.8. The summed E-state index contributed by atoms with van der Waals surface area (Å²) in [5, 5.41) is 0. The molecule has 1 nitrogen and oxygen atoms in total. The Balaban J connectivity index is 2.05. The molecule has 0 unspecified atom stereocenters. The Morgan fingerprint density at radius 2 is 1.78 bits per heavy atom. The van der Waals surface area contributed by atoms with Gasteiger partial charge in [-0.2, -0.15) is 0 Å². The zero-order chi connectivity index (χ0) is 13.0. The zero-order valence-corrected chi connectivity index (χ0v) is 10.9. The molecule has 18 heavy (non-hydrogen) atoms. The Hall–Kier alpha value is -1.54. The lowest BCUT2D eigenvalue weighted by atomic mass is 10.2. The number of aryl methyl sites for hydroxylation is 1. The van der Waals surface area contributed by atoms with Crippen molar-refractivity contribution >= 4 is 11.6 Å². The fourth-order valence-corrected chi connectivity index (χ4v) is 1.79. The molecule has 3 heteroatoms. The van der Waals surface area contributed by atoms with Gasteiger partial charge < -0.3 is 4.74 Å². The van der Waals surface area contributed by atoms with Crippen molar-refractivity contribution in [3.8, 4) is 5.75 Å². The van der Waals surface area contributed by atoms with Crippen LogP contribution in [-0.2, 0) is 12.5 Å². The molecule has 0 aromatic heterocycles. The highest BCUT2D eigenvalue weighted by Crippen LogP contribution is 2.19. The van der Waals surface area contributed by atoms with Crippen molar-refractivity contribution in [2.24, 2.45) is 0 Å². The van der Waals surface area contributed by atoms with Crippen molar-refractivity contribution in [2.75, 3.05) is 0 Å². The topological polar surface area (TPSA) is 9.23 Å². The van der Waals surface area contributed by atoms with Gasteiger partial charge in [0.15, 0.2) is 0 Å². The predicted molar refractivity (Wildman–Crippen MR) is 71.5 cm³/mol. The first-order valence-electron chi connectivity index (χ1n) is 5.71. The van der Waals surface area contributed by atoms with Crippen LogP contribution in [-0.4, -0.2) is 0 Å². The van der Waals surface area contributed by atoms with Crippen LogP contribution in [0.25, 0.3) is 0 Å². The molecule has 0 aliphatic rings. The lowest BCUT2D eigenvalue weighted by molar-refractivity contribution is 0.304. The van der Waals surface area contributed by atoms with Crippen LogP contribution in [0.5, 0.6) is 5.75 Å². The van der Waals surface area contributed by atoms with E-state index in [4.69, 9.17) is 16.3 Å². The van der Waals surface area contributed by atoms with E-state index in [0.717, 1.165) is 11.1 Å². The Labute approximate surface area is 111 Å².